The third-order valence-corrected chi connectivity index (χ3v) is 5.14. The van der Waals surface area contributed by atoms with Gasteiger partial charge in [-0.1, -0.05) is 6.08 Å². The van der Waals surface area contributed by atoms with Crippen LogP contribution in [0.3, 0.4) is 0 Å². The molecule has 0 fully saturated rings. The van der Waals surface area contributed by atoms with E-state index < -0.39 is 21.4 Å². The molecule has 1 rings (SSSR count). The van der Waals surface area contributed by atoms with Gasteiger partial charge in [0.15, 0.2) is 0 Å². The highest BCUT2D eigenvalue weighted by Gasteiger charge is 2.33. The second-order valence-electron chi connectivity index (χ2n) is 5.78. The number of nitrogens with one attached hydrogen (secondary N) is 1. The molecule has 1 aromatic carbocycles. The van der Waals surface area contributed by atoms with Gasteiger partial charge in [-0.3, -0.25) is 0 Å². The normalized spacial score (nSPS) is 12.7. The summed E-state index contributed by atoms with van der Waals surface area (Å²) in [5.41, 5.74) is -0.268. The third-order valence-electron chi connectivity index (χ3n) is 3.02. The van der Waals surface area contributed by atoms with E-state index in [-0.39, 0.29) is 18.0 Å². The first-order chi connectivity index (χ1) is 9.64. The Kier molecular flexibility index (Phi) is 5.67. The average Bonchev–Trinajstić information content (AvgIpc) is 2.37. The van der Waals surface area contributed by atoms with Gasteiger partial charge in [-0.05, 0) is 46.0 Å². The van der Waals surface area contributed by atoms with Crippen molar-refractivity contribution in [2.45, 2.75) is 37.8 Å². The highest BCUT2D eigenvalue weighted by atomic mass is 32.2. The second kappa shape index (κ2) is 6.68. The predicted molar refractivity (Wildman–Crippen MR) is 83.0 cm³/mol. The Bertz CT molecular complexity index is 607. The molecule has 0 saturated heterocycles. The van der Waals surface area contributed by atoms with Crippen LogP contribution in [0.4, 0.5) is 4.39 Å². The number of benzene rings is 1. The molecule has 0 spiro atoms. The summed E-state index contributed by atoms with van der Waals surface area (Å²) in [5.74, 6) is -0.422. The van der Waals surface area contributed by atoms with Gasteiger partial charge in [0.05, 0.1) is 4.90 Å². The lowest BCUT2D eigenvalue weighted by Crippen LogP contribution is -2.45. The van der Waals surface area contributed by atoms with Crippen molar-refractivity contribution in [1.82, 2.24) is 9.62 Å². The summed E-state index contributed by atoms with van der Waals surface area (Å²) in [6, 6.07) is 3.86. The molecule has 0 amide bonds. The maximum absolute atomic E-state index is 13.7. The van der Waals surface area contributed by atoms with Gasteiger partial charge in [-0.25, -0.2) is 12.8 Å². The zero-order chi connectivity index (χ0) is 16.3. The van der Waals surface area contributed by atoms with Crippen molar-refractivity contribution >= 4 is 10.0 Å². The molecule has 0 radical (unpaired) electrons. The fraction of sp³-hybridized carbons (Fsp3) is 0.467. The fourth-order valence-electron chi connectivity index (χ4n) is 2.01. The Hall–Kier alpha value is -1.24. The SMILES string of the molecule is C=CCN(C(C)(C)C)S(=O)(=O)c1ccc(F)c(CNC)c1. The number of sulfonamides is 1. The van der Waals surface area contributed by atoms with E-state index in [4.69, 9.17) is 0 Å². The fourth-order valence-corrected chi connectivity index (χ4v) is 3.82. The minimum absolute atomic E-state index is 0.0888. The molecule has 1 aromatic rings. The molecule has 0 unspecified atom stereocenters. The van der Waals surface area contributed by atoms with Crippen LogP contribution in [0.2, 0.25) is 0 Å². The zero-order valence-electron chi connectivity index (χ0n) is 13.0. The Morgan fingerprint density at radius 2 is 2.00 bits per heavy atom. The van der Waals surface area contributed by atoms with Crippen LogP contribution in [-0.2, 0) is 16.6 Å². The predicted octanol–water partition coefficient (Wildman–Crippen LogP) is 2.52. The molecule has 4 nitrogen and oxygen atoms in total. The van der Waals surface area contributed by atoms with Crippen LogP contribution in [-0.4, -0.2) is 31.9 Å². The summed E-state index contributed by atoms with van der Waals surface area (Å²) in [6.45, 7) is 9.51. The molecule has 0 saturated carbocycles. The van der Waals surface area contributed by atoms with Gasteiger partial charge in [0.25, 0.3) is 0 Å². The van der Waals surface area contributed by atoms with Gasteiger partial charge in [-0.2, -0.15) is 4.31 Å². The van der Waals surface area contributed by atoms with Crippen molar-refractivity contribution in [2.75, 3.05) is 13.6 Å². The molecule has 118 valence electrons. The molecule has 1 N–H and O–H groups in total. The van der Waals surface area contributed by atoms with E-state index in [1.54, 1.807) is 13.1 Å². The maximum Gasteiger partial charge on any atom is 0.243 e. The largest absolute Gasteiger partial charge is 0.316 e. The molecular weight excluding hydrogens is 291 g/mol. The van der Waals surface area contributed by atoms with Gasteiger partial charge < -0.3 is 5.32 Å². The van der Waals surface area contributed by atoms with Gasteiger partial charge >= 0.3 is 0 Å². The molecule has 21 heavy (non-hydrogen) atoms. The number of hydrogen-bond donors (Lipinski definition) is 1. The Morgan fingerprint density at radius 3 is 2.48 bits per heavy atom. The second-order valence-corrected chi connectivity index (χ2v) is 7.64. The molecule has 0 heterocycles. The molecule has 0 aliphatic rings. The van der Waals surface area contributed by atoms with Crippen molar-refractivity contribution < 1.29 is 12.8 Å². The standard InChI is InChI=1S/C15H23FN2O2S/c1-6-9-18(15(2,3)4)21(19,20)13-7-8-14(16)12(10-13)11-17-5/h6-8,10,17H,1,9,11H2,2-5H3. The molecule has 0 aliphatic carbocycles. The van der Waals surface area contributed by atoms with Crippen molar-refractivity contribution in [2.24, 2.45) is 0 Å². The monoisotopic (exact) mass is 314 g/mol. The van der Waals surface area contributed by atoms with E-state index >= 15 is 0 Å². The Balaban J connectivity index is 3.34. The first-order valence-corrected chi connectivity index (χ1v) is 8.15. The Labute approximate surface area is 126 Å². The lowest BCUT2D eigenvalue weighted by molar-refractivity contribution is 0.270. The molecule has 0 aliphatic heterocycles. The van der Waals surface area contributed by atoms with E-state index in [9.17, 15) is 12.8 Å². The number of hydrogen-bond acceptors (Lipinski definition) is 3. The lowest BCUT2D eigenvalue weighted by atomic mass is 10.1. The summed E-state index contributed by atoms with van der Waals surface area (Å²) < 4.78 is 40.6. The van der Waals surface area contributed by atoms with E-state index in [0.717, 1.165) is 0 Å². The van der Waals surface area contributed by atoms with Crippen molar-refractivity contribution in [3.8, 4) is 0 Å². The van der Waals surface area contributed by atoms with Gasteiger partial charge in [0.2, 0.25) is 10.0 Å². The minimum atomic E-state index is -3.71. The molecule has 6 heteroatoms. The highest BCUT2D eigenvalue weighted by molar-refractivity contribution is 7.89. The van der Waals surface area contributed by atoms with Crippen LogP contribution in [0, 0.1) is 5.82 Å². The third kappa shape index (κ3) is 4.12. The summed E-state index contributed by atoms with van der Waals surface area (Å²) in [4.78, 5) is 0.0888. The van der Waals surface area contributed by atoms with Crippen LogP contribution in [0.15, 0.2) is 35.7 Å². The minimum Gasteiger partial charge on any atom is -0.316 e. The van der Waals surface area contributed by atoms with Crippen LogP contribution in [0.25, 0.3) is 0 Å². The van der Waals surface area contributed by atoms with Gasteiger partial charge in [0, 0.05) is 24.2 Å². The van der Waals surface area contributed by atoms with E-state index in [1.165, 1.54) is 22.5 Å². The van der Waals surface area contributed by atoms with Crippen molar-refractivity contribution in [1.29, 1.82) is 0 Å². The topological polar surface area (TPSA) is 49.4 Å². The van der Waals surface area contributed by atoms with Crippen molar-refractivity contribution in [3.05, 3.63) is 42.2 Å². The van der Waals surface area contributed by atoms with Crippen LogP contribution in [0.5, 0.6) is 0 Å². The molecule has 0 atom stereocenters. The first-order valence-electron chi connectivity index (χ1n) is 6.71. The maximum atomic E-state index is 13.7. The van der Waals surface area contributed by atoms with Crippen LogP contribution >= 0.6 is 0 Å². The van der Waals surface area contributed by atoms with Crippen LogP contribution < -0.4 is 5.32 Å². The molecule has 0 aromatic heterocycles. The van der Waals surface area contributed by atoms with Crippen molar-refractivity contribution in [3.63, 3.8) is 0 Å². The number of halogens is 1. The summed E-state index contributed by atoms with van der Waals surface area (Å²) in [5, 5.41) is 2.82. The van der Waals surface area contributed by atoms with E-state index in [0.29, 0.717) is 5.56 Å². The molecule has 0 bridgehead atoms. The Morgan fingerprint density at radius 1 is 1.38 bits per heavy atom. The van der Waals surface area contributed by atoms with E-state index in [1.807, 2.05) is 20.8 Å². The smallest absolute Gasteiger partial charge is 0.243 e. The zero-order valence-corrected chi connectivity index (χ0v) is 13.8. The average molecular weight is 314 g/mol. The summed E-state index contributed by atoms with van der Waals surface area (Å²) in [6.07, 6.45) is 1.54. The number of rotatable bonds is 6. The van der Waals surface area contributed by atoms with Gasteiger partial charge in [0.1, 0.15) is 5.82 Å². The van der Waals surface area contributed by atoms with Crippen LogP contribution in [0.1, 0.15) is 26.3 Å². The number of nitrogens with zero attached hydrogens (tertiary/aromatic N) is 1. The van der Waals surface area contributed by atoms with E-state index in [2.05, 4.69) is 11.9 Å². The summed E-state index contributed by atoms with van der Waals surface area (Å²) in [7, 11) is -2.03. The highest BCUT2D eigenvalue weighted by Crippen LogP contribution is 2.25. The summed E-state index contributed by atoms with van der Waals surface area (Å²) >= 11 is 0. The first kappa shape index (κ1) is 17.8. The van der Waals surface area contributed by atoms with Gasteiger partial charge in [-0.15, -0.1) is 6.58 Å². The molecular formula is C15H23FN2O2S. The lowest BCUT2D eigenvalue weighted by Gasteiger charge is -2.33. The quantitative estimate of drug-likeness (QED) is 0.821.